The Kier molecular flexibility index (Phi) is 6.81. The molecule has 0 radical (unpaired) electrons. The second-order valence-electron chi connectivity index (χ2n) is 12.7. The zero-order chi connectivity index (χ0) is 31.3. The fourth-order valence-corrected chi connectivity index (χ4v) is 7.19. The van der Waals surface area contributed by atoms with Crippen molar-refractivity contribution in [3.8, 4) is 22.3 Å². The zero-order valence-corrected chi connectivity index (χ0v) is 26.1. The van der Waals surface area contributed by atoms with Crippen LogP contribution in [0.2, 0.25) is 0 Å². The Morgan fingerprint density at radius 3 is 2.04 bits per heavy atom. The maximum Gasteiger partial charge on any atom is 0.126 e. The van der Waals surface area contributed by atoms with Crippen molar-refractivity contribution in [2.24, 2.45) is 0 Å². The average molecular weight is 597 g/mol. The number of aromatic nitrogens is 1. The number of nitrogens with one attached hydrogen (secondary N) is 3. The van der Waals surface area contributed by atoms with E-state index in [0.717, 1.165) is 11.1 Å². The molecule has 0 spiro atoms. The third kappa shape index (κ3) is 4.70. The van der Waals surface area contributed by atoms with E-state index in [0.29, 0.717) is 12.5 Å². The molecule has 1 unspecified atom stereocenters. The third-order valence-corrected chi connectivity index (χ3v) is 9.61. The molecule has 0 saturated heterocycles. The lowest BCUT2D eigenvalue weighted by Crippen LogP contribution is -2.39. The molecule has 3 N–H and O–H groups in total. The van der Waals surface area contributed by atoms with E-state index in [2.05, 4.69) is 126 Å². The standard InChI is InChI=1S/C42H36N4/c1-42(2)36-21-13-12-20-32(36)33-25-35-34-24-31(28-14-6-3-7-15-28)22-23-38(34)46(39(35)26-37(33)42)27-44-41(30-18-10-5-11-19-30)45-40(43)29-16-8-4-9-17-29/h3-26,41,44H,27H2,1-2H3,(H2,43,45). The SMILES string of the molecule is CC1(C)c2ccccc2-c2cc3c4cc(-c5ccccc5)ccc4n(CNC(NC(=N)c4ccccc4)c4ccccc4)c3cc21. The fourth-order valence-electron chi connectivity index (χ4n) is 7.19. The van der Waals surface area contributed by atoms with Crippen LogP contribution in [0.3, 0.4) is 0 Å². The lowest BCUT2D eigenvalue weighted by Gasteiger charge is -2.24. The van der Waals surface area contributed by atoms with Gasteiger partial charge in [-0.05, 0) is 63.2 Å². The van der Waals surface area contributed by atoms with Gasteiger partial charge < -0.3 is 9.88 Å². The summed E-state index contributed by atoms with van der Waals surface area (Å²) in [6, 6.07) is 51.3. The summed E-state index contributed by atoms with van der Waals surface area (Å²) in [5, 5.41) is 18.6. The van der Waals surface area contributed by atoms with E-state index in [-0.39, 0.29) is 11.6 Å². The Hall–Kier alpha value is -5.45. The monoisotopic (exact) mass is 596 g/mol. The summed E-state index contributed by atoms with van der Waals surface area (Å²) in [7, 11) is 0. The van der Waals surface area contributed by atoms with Crippen molar-refractivity contribution >= 4 is 27.6 Å². The number of benzene rings is 6. The second-order valence-corrected chi connectivity index (χ2v) is 12.7. The molecule has 1 atom stereocenters. The summed E-state index contributed by atoms with van der Waals surface area (Å²) in [4.78, 5) is 0. The molecule has 224 valence electrons. The van der Waals surface area contributed by atoms with E-state index in [9.17, 15) is 0 Å². The van der Waals surface area contributed by atoms with Gasteiger partial charge in [-0.3, -0.25) is 10.7 Å². The van der Waals surface area contributed by atoms with Crippen molar-refractivity contribution in [3.05, 3.63) is 168 Å². The van der Waals surface area contributed by atoms with Gasteiger partial charge in [0.15, 0.2) is 0 Å². The number of fused-ring (bicyclic) bond motifs is 6. The Labute approximate surface area is 269 Å². The first-order chi connectivity index (χ1) is 22.5. The minimum absolute atomic E-state index is 0.0943. The molecule has 6 aromatic carbocycles. The highest BCUT2D eigenvalue weighted by molar-refractivity contribution is 6.11. The van der Waals surface area contributed by atoms with Crippen LogP contribution in [0.1, 0.15) is 42.3 Å². The molecule has 1 aromatic heterocycles. The maximum atomic E-state index is 8.86. The van der Waals surface area contributed by atoms with Crippen LogP contribution in [0.4, 0.5) is 0 Å². The molecule has 0 saturated carbocycles. The van der Waals surface area contributed by atoms with Gasteiger partial charge in [-0.2, -0.15) is 0 Å². The molecule has 0 bridgehead atoms. The molecule has 0 fully saturated rings. The van der Waals surface area contributed by atoms with Gasteiger partial charge >= 0.3 is 0 Å². The van der Waals surface area contributed by atoms with Gasteiger partial charge in [-0.25, -0.2) is 0 Å². The Morgan fingerprint density at radius 2 is 1.28 bits per heavy atom. The Morgan fingerprint density at radius 1 is 0.630 bits per heavy atom. The van der Waals surface area contributed by atoms with Crippen LogP contribution in [0.25, 0.3) is 44.1 Å². The number of rotatable bonds is 7. The largest absolute Gasteiger partial charge is 0.351 e. The summed E-state index contributed by atoms with van der Waals surface area (Å²) in [5.41, 5.74) is 12.0. The molecule has 8 rings (SSSR count). The van der Waals surface area contributed by atoms with Crippen LogP contribution in [-0.4, -0.2) is 10.4 Å². The molecule has 1 aliphatic carbocycles. The molecule has 4 heteroatoms. The highest BCUT2D eigenvalue weighted by Gasteiger charge is 2.36. The van der Waals surface area contributed by atoms with Gasteiger partial charge in [0.2, 0.25) is 0 Å². The fraction of sp³-hybridized carbons (Fsp3) is 0.119. The second kappa shape index (κ2) is 11.2. The van der Waals surface area contributed by atoms with E-state index in [4.69, 9.17) is 5.41 Å². The molecular formula is C42H36N4. The van der Waals surface area contributed by atoms with Crippen molar-refractivity contribution in [2.75, 3.05) is 0 Å². The first-order valence-electron chi connectivity index (χ1n) is 15.9. The number of hydrogen-bond donors (Lipinski definition) is 3. The third-order valence-electron chi connectivity index (χ3n) is 9.61. The summed E-state index contributed by atoms with van der Waals surface area (Å²) in [5.74, 6) is 0.383. The van der Waals surface area contributed by atoms with Gasteiger partial charge in [0.1, 0.15) is 12.0 Å². The van der Waals surface area contributed by atoms with Crippen LogP contribution >= 0.6 is 0 Å². The summed E-state index contributed by atoms with van der Waals surface area (Å²) < 4.78 is 2.41. The van der Waals surface area contributed by atoms with E-state index in [1.165, 1.54) is 55.2 Å². The predicted octanol–water partition coefficient (Wildman–Crippen LogP) is 9.63. The van der Waals surface area contributed by atoms with E-state index in [1.807, 2.05) is 48.5 Å². The van der Waals surface area contributed by atoms with Crippen molar-refractivity contribution in [2.45, 2.75) is 32.1 Å². The van der Waals surface area contributed by atoms with E-state index < -0.39 is 0 Å². The van der Waals surface area contributed by atoms with Gasteiger partial charge in [0.25, 0.3) is 0 Å². The quantitative estimate of drug-likeness (QED) is 0.0975. The molecule has 0 aliphatic heterocycles. The molecule has 7 aromatic rings. The van der Waals surface area contributed by atoms with E-state index >= 15 is 0 Å². The Balaban J connectivity index is 1.26. The molecule has 46 heavy (non-hydrogen) atoms. The highest BCUT2D eigenvalue weighted by Crippen LogP contribution is 2.50. The lowest BCUT2D eigenvalue weighted by molar-refractivity contribution is 0.454. The average Bonchev–Trinajstić information content (AvgIpc) is 3.53. The number of nitrogens with zero attached hydrogens (tertiary/aromatic N) is 1. The minimum atomic E-state index is -0.264. The van der Waals surface area contributed by atoms with Crippen molar-refractivity contribution in [1.29, 1.82) is 5.41 Å². The normalized spacial score (nSPS) is 13.8. The van der Waals surface area contributed by atoms with E-state index in [1.54, 1.807) is 0 Å². The number of amidine groups is 1. The van der Waals surface area contributed by atoms with Crippen molar-refractivity contribution < 1.29 is 0 Å². The predicted molar refractivity (Wildman–Crippen MR) is 191 cm³/mol. The van der Waals surface area contributed by atoms with Crippen LogP contribution in [-0.2, 0) is 12.1 Å². The molecular weight excluding hydrogens is 560 g/mol. The van der Waals surface area contributed by atoms with Crippen LogP contribution in [0, 0.1) is 5.41 Å². The molecule has 0 amide bonds. The number of hydrogen-bond acceptors (Lipinski definition) is 2. The van der Waals surface area contributed by atoms with Gasteiger partial charge in [0, 0.05) is 21.8 Å². The van der Waals surface area contributed by atoms with Gasteiger partial charge in [-0.15, -0.1) is 0 Å². The smallest absolute Gasteiger partial charge is 0.126 e. The van der Waals surface area contributed by atoms with Crippen molar-refractivity contribution in [3.63, 3.8) is 0 Å². The Bertz CT molecular complexity index is 2210. The zero-order valence-electron chi connectivity index (χ0n) is 26.1. The topological polar surface area (TPSA) is 52.8 Å². The first-order valence-corrected chi connectivity index (χ1v) is 15.9. The van der Waals surface area contributed by atoms with Gasteiger partial charge in [-0.1, -0.05) is 135 Å². The molecule has 1 heterocycles. The summed E-state index contributed by atoms with van der Waals surface area (Å²) >= 11 is 0. The first kappa shape index (κ1) is 28.1. The summed E-state index contributed by atoms with van der Waals surface area (Å²) in [6.07, 6.45) is -0.264. The van der Waals surface area contributed by atoms with Crippen LogP contribution in [0.15, 0.2) is 146 Å². The molecule has 1 aliphatic rings. The van der Waals surface area contributed by atoms with Gasteiger partial charge in [0.05, 0.1) is 17.7 Å². The maximum absolute atomic E-state index is 8.86. The molecule has 4 nitrogen and oxygen atoms in total. The summed E-state index contributed by atoms with van der Waals surface area (Å²) in [6.45, 7) is 5.24. The minimum Gasteiger partial charge on any atom is -0.351 e. The van der Waals surface area contributed by atoms with Crippen LogP contribution < -0.4 is 10.6 Å². The van der Waals surface area contributed by atoms with Crippen molar-refractivity contribution in [1.82, 2.24) is 15.2 Å². The van der Waals surface area contributed by atoms with Crippen LogP contribution in [0.5, 0.6) is 0 Å². The lowest BCUT2D eigenvalue weighted by atomic mass is 9.82. The highest BCUT2D eigenvalue weighted by atomic mass is 15.2.